The van der Waals surface area contributed by atoms with Crippen molar-refractivity contribution < 1.29 is 23.1 Å². The van der Waals surface area contributed by atoms with Crippen molar-refractivity contribution in [2.24, 2.45) is 5.92 Å². The number of fused-ring (bicyclic) bond motifs is 1. The van der Waals surface area contributed by atoms with E-state index in [4.69, 9.17) is 5.11 Å². The van der Waals surface area contributed by atoms with Crippen molar-refractivity contribution in [2.45, 2.75) is 32.5 Å². The molecule has 0 radical (unpaired) electrons. The second-order valence-corrected chi connectivity index (χ2v) is 5.03. The summed E-state index contributed by atoms with van der Waals surface area (Å²) in [7, 11) is 0. The number of likely N-dealkylation sites (N-methyl/N-ethyl adjacent to an activating group) is 1. The van der Waals surface area contributed by atoms with Gasteiger partial charge in [0.15, 0.2) is 0 Å². The number of carboxylic acid groups (broad SMARTS) is 1. The van der Waals surface area contributed by atoms with Gasteiger partial charge in [0.2, 0.25) is 0 Å². The van der Waals surface area contributed by atoms with E-state index in [1.165, 1.54) is 6.07 Å². The maximum atomic E-state index is 12.8. The first-order valence-electron chi connectivity index (χ1n) is 6.45. The SMILES string of the molecule is CCN1c2cc(C(F)(F)F)ccc2CC1C(C)C(=O)O. The molecular formula is C14H16F3NO2. The summed E-state index contributed by atoms with van der Waals surface area (Å²) in [4.78, 5) is 12.9. The van der Waals surface area contributed by atoms with E-state index in [-0.39, 0.29) is 6.04 Å². The van der Waals surface area contributed by atoms with Crippen molar-refractivity contribution in [3.8, 4) is 0 Å². The standard InChI is InChI=1S/C14H16F3NO2/c1-3-18-11(8(2)13(19)20)6-9-4-5-10(7-12(9)18)14(15,16)17/h4-5,7-8,11H,3,6H2,1-2H3,(H,19,20). The second-order valence-electron chi connectivity index (χ2n) is 5.03. The van der Waals surface area contributed by atoms with Gasteiger partial charge in [-0.05, 0) is 38.0 Å². The van der Waals surface area contributed by atoms with Crippen LogP contribution in [0, 0.1) is 5.92 Å². The lowest BCUT2D eigenvalue weighted by atomic mass is 9.98. The lowest BCUT2D eigenvalue weighted by Crippen LogP contribution is -2.40. The van der Waals surface area contributed by atoms with Crippen LogP contribution in [0.3, 0.4) is 0 Å². The number of rotatable bonds is 3. The Morgan fingerprint density at radius 3 is 2.65 bits per heavy atom. The number of hydrogen-bond donors (Lipinski definition) is 1. The van der Waals surface area contributed by atoms with Crippen LogP contribution in [0.4, 0.5) is 18.9 Å². The Balaban J connectivity index is 2.39. The summed E-state index contributed by atoms with van der Waals surface area (Å²) in [5.74, 6) is -1.56. The Bertz CT molecular complexity index is 528. The van der Waals surface area contributed by atoms with Crippen LogP contribution in [-0.4, -0.2) is 23.7 Å². The number of aliphatic carboxylic acids is 1. The minimum Gasteiger partial charge on any atom is -0.481 e. The van der Waals surface area contributed by atoms with E-state index < -0.39 is 23.6 Å². The third kappa shape index (κ3) is 2.46. The summed E-state index contributed by atoms with van der Waals surface area (Å²) in [6, 6.07) is 3.33. The first-order chi connectivity index (χ1) is 9.25. The topological polar surface area (TPSA) is 40.5 Å². The lowest BCUT2D eigenvalue weighted by Gasteiger charge is -2.29. The molecule has 3 nitrogen and oxygen atoms in total. The van der Waals surface area contributed by atoms with Gasteiger partial charge in [0, 0.05) is 18.3 Å². The van der Waals surface area contributed by atoms with E-state index in [9.17, 15) is 18.0 Å². The Hall–Kier alpha value is -1.72. The van der Waals surface area contributed by atoms with E-state index in [0.29, 0.717) is 18.7 Å². The summed E-state index contributed by atoms with van der Waals surface area (Å²) in [6.45, 7) is 3.89. The van der Waals surface area contributed by atoms with Gasteiger partial charge in [-0.2, -0.15) is 13.2 Å². The second kappa shape index (κ2) is 5.00. The van der Waals surface area contributed by atoms with Crippen LogP contribution in [0.1, 0.15) is 25.0 Å². The van der Waals surface area contributed by atoms with Crippen LogP contribution in [0.25, 0.3) is 0 Å². The van der Waals surface area contributed by atoms with Gasteiger partial charge in [0.1, 0.15) is 0 Å². The maximum Gasteiger partial charge on any atom is 0.416 e. The highest BCUT2D eigenvalue weighted by Crippen LogP contribution is 2.39. The summed E-state index contributed by atoms with van der Waals surface area (Å²) in [5.41, 5.74) is 0.580. The number of carboxylic acids is 1. The molecule has 1 aromatic rings. The predicted molar refractivity (Wildman–Crippen MR) is 68.8 cm³/mol. The third-order valence-electron chi connectivity index (χ3n) is 3.86. The minimum atomic E-state index is -4.38. The highest BCUT2D eigenvalue weighted by molar-refractivity contribution is 5.73. The fourth-order valence-corrected chi connectivity index (χ4v) is 2.71. The number of anilines is 1. The number of benzene rings is 1. The highest BCUT2D eigenvalue weighted by Gasteiger charge is 2.38. The molecule has 1 aliphatic rings. The van der Waals surface area contributed by atoms with E-state index >= 15 is 0 Å². The molecule has 0 saturated heterocycles. The monoisotopic (exact) mass is 287 g/mol. The zero-order chi connectivity index (χ0) is 15.1. The molecule has 2 unspecified atom stereocenters. The molecule has 6 heteroatoms. The molecule has 0 fully saturated rings. The van der Waals surface area contributed by atoms with Crippen molar-refractivity contribution in [2.75, 3.05) is 11.4 Å². The van der Waals surface area contributed by atoms with E-state index in [0.717, 1.165) is 17.7 Å². The van der Waals surface area contributed by atoms with Crippen LogP contribution < -0.4 is 4.90 Å². The van der Waals surface area contributed by atoms with Gasteiger partial charge in [-0.25, -0.2) is 0 Å². The normalized spacial score (nSPS) is 19.9. The van der Waals surface area contributed by atoms with Gasteiger partial charge in [0.25, 0.3) is 0 Å². The van der Waals surface area contributed by atoms with E-state index in [2.05, 4.69) is 0 Å². The first kappa shape index (κ1) is 14.7. The fourth-order valence-electron chi connectivity index (χ4n) is 2.71. The molecule has 0 bridgehead atoms. The van der Waals surface area contributed by atoms with Gasteiger partial charge < -0.3 is 10.0 Å². The Labute approximate surface area is 115 Å². The molecule has 1 aliphatic heterocycles. The Morgan fingerprint density at radius 2 is 2.15 bits per heavy atom. The molecule has 0 saturated carbocycles. The Morgan fingerprint density at radius 1 is 1.50 bits per heavy atom. The largest absolute Gasteiger partial charge is 0.481 e. The van der Waals surface area contributed by atoms with Crippen LogP contribution in [0.15, 0.2) is 18.2 Å². The zero-order valence-corrected chi connectivity index (χ0v) is 11.2. The van der Waals surface area contributed by atoms with Crippen molar-refractivity contribution >= 4 is 11.7 Å². The smallest absolute Gasteiger partial charge is 0.416 e. The van der Waals surface area contributed by atoms with Gasteiger partial charge >= 0.3 is 12.1 Å². The summed E-state index contributed by atoms with van der Waals surface area (Å²) >= 11 is 0. The number of nitrogens with zero attached hydrogens (tertiary/aromatic N) is 1. The predicted octanol–water partition coefficient (Wildman–Crippen LogP) is 3.18. The molecule has 1 N–H and O–H groups in total. The number of hydrogen-bond acceptors (Lipinski definition) is 2. The quantitative estimate of drug-likeness (QED) is 0.928. The number of halogens is 3. The third-order valence-corrected chi connectivity index (χ3v) is 3.86. The molecule has 2 atom stereocenters. The summed E-state index contributed by atoms with van der Waals surface area (Å²) in [5, 5.41) is 9.11. The van der Waals surface area contributed by atoms with Gasteiger partial charge in [-0.15, -0.1) is 0 Å². The lowest BCUT2D eigenvalue weighted by molar-refractivity contribution is -0.142. The molecule has 110 valence electrons. The van der Waals surface area contributed by atoms with Gasteiger partial charge in [0.05, 0.1) is 11.5 Å². The number of carbonyl (C=O) groups is 1. The number of alkyl halides is 3. The fraction of sp³-hybridized carbons (Fsp3) is 0.500. The van der Waals surface area contributed by atoms with Crippen molar-refractivity contribution in [3.05, 3.63) is 29.3 Å². The maximum absolute atomic E-state index is 12.8. The van der Waals surface area contributed by atoms with Crippen LogP contribution in [-0.2, 0) is 17.4 Å². The molecule has 0 amide bonds. The van der Waals surface area contributed by atoms with Crippen molar-refractivity contribution in [3.63, 3.8) is 0 Å². The Kier molecular flexibility index (Phi) is 3.67. The molecule has 1 aromatic carbocycles. The molecule has 0 aromatic heterocycles. The summed E-state index contributed by atoms with van der Waals surface area (Å²) in [6.07, 6.45) is -3.92. The average Bonchev–Trinajstić information content (AvgIpc) is 2.73. The minimum absolute atomic E-state index is 0.295. The highest BCUT2D eigenvalue weighted by atomic mass is 19.4. The molecule has 2 rings (SSSR count). The van der Waals surface area contributed by atoms with E-state index in [1.807, 2.05) is 6.92 Å². The molecule has 20 heavy (non-hydrogen) atoms. The molecule has 1 heterocycles. The average molecular weight is 287 g/mol. The zero-order valence-electron chi connectivity index (χ0n) is 11.2. The van der Waals surface area contributed by atoms with Crippen LogP contribution in [0.2, 0.25) is 0 Å². The molecular weight excluding hydrogens is 271 g/mol. The first-order valence-corrected chi connectivity index (χ1v) is 6.45. The van der Waals surface area contributed by atoms with Gasteiger partial charge in [-0.3, -0.25) is 4.79 Å². The van der Waals surface area contributed by atoms with Crippen molar-refractivity contribution in [1.82, 2.24) is 0 Å². The van der Waals surface area contributed by atoms with E-state index in [1.54, 1.807) is 11.8 Å². The molecule has 0 spiro atoms. The van der Waals surface area contributed by atoms with Crippen molar-refractivity contribution in [1.29, 1.82) is 0 Å². The van der Waals surface area contributed by atoms with Crippen LogP contribution >= 0.6 is 0 Å². The van der Waals surface area contributed by atoms with Gasteiger partial charge in [-0.1, -0.05) is 6.07 Å². The summed E-state index contributed by atoms with van der Waals surface area (Å²) < 4.78 is 38.3. The van der Waals surface area contributed by atoms with Crippen LogP contribution in [0.5, 0.6) is 0 Å². The molecule has 0 aliphatic carbocycles.